The minimum atomic E-state index is -0.162. The van der Waals surface area contributed by atoms with Gasteiger partial charge >= 0.3 is 0 Å². The van der Waals surface area contributed by atoms with E-state index >= 15 is 0 Å². The average Bonchev–Trinajstić information content (AvgIpc) is 3.32. The molecule has 4 aromatic rings. The third-order valence-corrected chi connectivity index (χ3v) is 4.21. The highest BCUT2D eigenvalue weighted by Gasteiger charge is 2.13. The van der Waals surface area contributed by atoms with E-state index in [0.717, 1.165) is 29.0 Å². The second kappa shape index (κ2) is 6.84. The summed E-state index contributed by atoms with van der Waals surface area (Å²) >= 11 is 0. The number of hydrogen-bond acceptors (Lipinski definition) is 4. The van der Waals surface area contributed by atoms with Gasteiger partial charge in [-0.3, -0.25) is 4.79 Å². The number of furan rings is 1. The standard InChI is InChI=1S/C20H18N4O2/c1-14-9-11-24-19(23-14)17(13-22-24)20(25)21-10-8-15-4-6-16(7-5-15)18-3-2-12-26-18/h2-7,9,11-13H,8,10H2,1H3,(H,21,25). The van der Waals surface area contributed by atoms with E-state index < -0.39 is 0 Å². The highest BCUT2D eigenvalue weighted by molar-refractivity contribution is 5.99. The Hall–Kier alpha value is -3.41. The molecule has 0 atom stereocenters. The number of amides is 1. The average molecular weight is 346 g/mol. The Balaban J connectivity index is 1.38. The van der Waals surface area contributed by atoms with Crippen LogP contribution in [0.2, 0.25) is 0 Å². The molecule has 3 heterocycles. The molecule has 0 radical (unpaired) electrons. The molecule has 0 saturated heterocycles. The summed E-state index contributed by atoms with van der Waals surface area (Å²) in [5.74, 6) is 0.686. The number of carbonyl (C=O) groups is 1. The van der Waals surface area contributed by atoms with Gasteiger partial charge in [0.25, 0.3) is 5.91 Å². The Morgan fingerprint density at radius 1 is 1.19 bits per heavy atom. The third kappa shape index (κ3) is 3.21. The lowest BCUT2D eigenvalue weighted by molar-refractivity contribution is 0.0955. The maximum Gasteiger partial charge on any atom is 0.256 e. The number of carbonyl (C=O) groups excluding carboxylic acids is 1. The van der Waals surface area contributed by atoms with Crippen molar-refractivity contribution in [3.63, 3.8) is 0 Å². The molecule has 6 heteroatoms. The number of benzene rings is 1. The molecule has 0 fully saturated rings. The zero-order valence-electron chi connectivity index (χ0n) is 14.3. The molecule has 1 amide bonds. The first-order valence-electron chi connectivity index (χ1n) is 8.43. The van der Waals surface area contributed by atoms with E-state index in [2.05, 4.69) is 15.4 Å². The highest BCUT2D eigenvalue weighted by atomic mass is 16.3. The smallest absolute Gasteiger partial charge is 0.256 e. The van der Waals surface area contributed by atoms with Crippen LogP contribution in [0.15, 0.2) is 65.5 Å². The minimum absolute atomic E-state index is 0.162. The van der Waals surface area contributed by atoms with Crippen molar-refractivity contribution < 1.29 is 9.21 Å². The van der Waals surface area contributed by atoms with E-state index in [-0.39, 0.29) is 5.91 Å². The summed E-state index contributed by atoms with van der Waals surface area (Å²) in [5, 5.41) is 7.10. The second-order valence-corrected chi connectivity index (χ2v) is 6.08. The molecule has 0 aliphatic heterocycles. The van der Waals surface area contributed by atoms with Crippen LogP contribution in [0.3, 0.4) is 0 Å². The zero-order valence-corrected chi connectivity index (χ0v) is 14.3. The van der Waals surface area contributed by atoms with E-state index in [1.807, 2.05) is 49.4 Å². The van der Waals surface area contributed by atoms with Crippen LogP contribution >= 0.6 is 0 Å². The van der Waals surface area contributed by atoms with Crippen molar-refractivity contribution >= 4 is 11.6 Å². The maximum absolute atomic E-state index is 12.4. The van der Waals surface area contributed by atoms with Crippen LogP contribution in [-0.2, 0) is 6.42 Å². The molecule has 0 spiro atoms. The Morgan fingerprint density at radius 2 is 2.04 bits per heavy atom. The lowest BCUT2D eigenvalue weighted by Gasteiger charge is -2.05. The first-order chi connectivity index (χ1) is 12.7. The van der Waals surface area contributed by atoms with Crippen LogP contribution in [0.4, 0.5) is 0 Å². The molecular weight excluding hydrogens is 328 g/mol. The number of fused-ring (bicyclic) bond motifs is 1. The van der Waals surface area contributed by atoms with Crippen molar-refractivity contribution in [1.29, 1.82) is 0 Å². The summed E-state index contributed by atoms with van der Waals surface area (Å²) in [7, 11) is 0. The maximum atomic E-state index is 12.4. The molecule has 1 aromatic carbocycles. The molecule has 0 aliphatic carbocycles. The fourth-order valence-corrected chi connectivity index (χ4v) is 2.81. The van der Waals surface area contributed by atoms with Gasteiger partial charge in [0.15, 0.2) is 5.65 Å². The number of rotatable bonds is 5. The Bertz CT molecular complexity index is 1030. The van der Waals surface area contributed by atoms with Gasteiger partial charge in [-0.15, -0.1) is 0 Å². The number of hydrogen-bond donors (Lipinski definition) is 1. The van der Waals surface area contributed by atoms with Crippen LogP contribution in [0, 0.1) is 6.92 Å². The van der Waals surface area contributed by atoms with Crippen LogP contribution in [0.25, 0.3) is 17.0 Å². The van der Waals surface area contributed by atoms with Gasteiger partial charge in [0.2, 0.25) is 0 Å². The predicted molar refractivity (Wildman–Crippen MR) is 97.9 cm³/mol. The van der Waals surface area contributed by atoms with Gasteiger partial charge in [-0.1, -0.05) is 24.3 Å². The molecule has 26 heavy (non-hydrogen) atoms. The van der Waals surface area contributed by atoms with Crippen molar-refractivity contribution in [1.82, 2.24) is 19.9 Å². The monoisotopic (exact) mass is 346 g/mol. The summed E-state index contributed by atoms with van der Waals surface area (Å²) in [6, 6.07) is 13.8. The molecule has 3 aromatic heterocycles. The van der Waals surface area contributed by atoms with Gasteiger partial charge in [0, 0.05) is 24.0 Å². The normalized spacial score (nSPS) is 11.0. The Labute approximate surface area is 150 Å². The fourth-order valence-electron chi connectivity index (χ4n) is 2.81. The van der Waals surface area contributed by atoms with Crippen LogP contribution < -0.4 is 5.32 Å². The molecule has 0 aliphatic rings. The van der Waals surface area contributed by atoms with Crippen molar-refractivity contribution in [3.8, 4) is 11.3 Å². The lowest BCUT2D eigenvalue weighted by Crippen LogP contribution is -2.25. The number of aromatic nitrogens is 3. The largest absolute Gasteiger partial charge is 0.464 e. The first kappa shape index (κ1) is 16.1. The molecule has 0 unspecified atom stereocenters. The van der Waals surface area contributed by atoms with Gasteiger partial charge < -0.3 is 9.73 Å². The summed E-state index contributed by atoms with van der Waals surface area (Å²) in [5.41, 5.74) is 4.10. The number of aryl methyl sites for hydroxylation is 1. The molecule has 0 bridgehead atoms. The SMILES string of the molecule is Cc1ccn2ncc(C(=O)NCCc3ccc(-c4ccco4)cc3)c2n1. The number of nitrogens with zero attached hydrogens (tertiary/aromatic N) is 3. The molecule has 0 saturated carbocycles. The molecule has 1 N–H and O–H groups in total. The van der Waals surface area contributed by atoms with Crippen molar-refractivity contribution in [2.75, 3.05) is 6.54 Å². The Morgan fingerprint density at radius 3 is 2.81 bits per heavy atom. The molecule has 6 nitrogen and oxygen atoms in total. The lowest BCUT2D eigenvalue weighted by atomic mass is 10.1. The predicted octanol–water partition coefficient (Wildman–Crippen LogP) is 3.27. The van der Waals surface area contributed by atoms with Crippen molar-refractivity contribution in [3.05, 3.63) is 77.9 Å². The van der Waals surface area contributed by atoms with Crippen LogP contribution in [0.1, 0.15) is 21.6 Å². The van der Waals surface area contributed by atoms with E-state index in [0.29, 0.717) is 17.8 Å². The summed E-state index contributed by atoms with van der Waals surface area (Å²) in [6.45, 7) is 2.43. The van der Waals surface area contributed by atoms with Crippen LogP contribution in [0.5, 0.6) is 0 Å². The van der Waals surface area contributed by atoms with Gasteiger partial charge in [0.1, 0.15) is 11.3 Å². The summed E-state index contributed by atoms with van der Waals surface area (Å²) < 4.78 is 6.99. The molecular formula is C20H18N4O2. The van der Waals surface area contributed by atoms with Crippen molar-refractivity contribution in [2.45, 2.75) is 13.3 Å². The highest BCUT2D eigenvalue weighted by Crippen LogP contribution is 2.20. The van der Waals surface area contributed by atoms with E-state index in [4.69, 9.17) is 4.42 Å². The topological polar surface area (TPSA) is 72.4 Å². The molecule has 130 valence electrons. The Kier molecular flexibility index (Phi) is 4.23. The summed E-state index contributed by atoms with van der Waals surface area (Å²) in [4.78, 5) is 16.8. The zero-order chi connectivity index (χ0) is 17.9. The quantitative estimate of drug-likeness (QED) is 0.602. The van der Waals surface area contributed by atoms with Crippen molar-refractivity contribution in [2.24, 2.45) is 0 Å². The first-order valence-corrected chi connectivity index (χ1v) is 8.43. The fraction of sp³-hybridized carbons (Fsp3) is 0.150. The van der Waals surface area contributed by atoms with E-state index in [9.17, 15) is 4.79 Å². The van der Waals surface area contributed by atoms with Gasteiger partial charge in [-0.05, 0) is 37.1 Å². The van der Waals surface area contributed by atoms with Gasteiger partial charge in [-0.2, -0.15) is 5.10 Å². The van der Waals surface area contributed by atoms with E-state index in [1.54, 1.807) is 23.2 Å². The third-order valence-electron chi connectivity index (χ3n) is 4.21. The second-order valence-electron chi connectivity index (χ2n) is 6.08. The van der Waals surface area contributed by atoms with E-state index in [1.165, 1.54) is 0 Å². The molecule has 4 rings (SSSR count). The minimum Gasteiger partial charge on any atom is -0.464 e. The van der Waals surface area contributed by atoms with Crippen LogP contribution in [-0.4, -0.2) is 27.0 Å². The van der Waals surface area contributed by atoms with Gasteiger partial charge in [-0.25, -0.2) is 9.50 Å². The van der Waals surface area contributed by atoms with Gasteiger partial charge in [0.05, 0.1) is 12.5 Å². The summed E-state index contributed by atoms with van der Waals surface area (Å²) in [6.07, 6.45) is 5.76. The number of nitrogens with one attached hydrogen (secondary N) is 1.